The minimum atomic E-state index is -3.55. The molecule has 2 aliphatic rings. The number of aromatic nitrogens is 1. The summed E-state index contributed by atoms with van der Waals surface area (Å²) in [5, 5.41) is 1.92. The molecule has 34 heavy (non-hydrogen) atoms. The van der Waals surface area contributed by atoms with Gasteiger partial charge in [0, 0.05) is 46.9 Å². The summed E-state index contributed by atoms with van der Waals surface area (Å²) in [6.07, 6.45) is 1.89. The molecule has 2 aromatic rings. The summed E-state index contributed by atoms with van der Waals surface area (Å²) in [5.41, 5.74) is 1.28. The number of hydrogen-bond acceptors (Lipinski definition) is 8. The Bertz CT molecular complexity index is 1260. The average molecular weight is 527 g/mol. The topological polar surface area (TPSA) is 101 Å². The van der Waals surface area contributed by atoms with Crippen LogP contribution in [-0.2, 0) is 19.6 Å². The molecule has 0 saturated carbocycles. The van der Waals surface area contributed by atoms with E-state index in [9.17, 15) is 17.6 Å². The van der Waals surface area contributed by atoms with Crippen LogP contribution in [0.2, 0.25) is 5.02 Å². The quantitative estimate of drug-likeness (QED) is 0.553. The molecule has 1 aromatic heterocycles. The Hall–Kier alpha value is -2.34. The van der Waals surface area contributed by atoms with Crippen LogP contribution in [0.1, 0.15) is 43.8 Å². The number of ether oxygens (including phenoxy) is 1. The molecule has 1 aromatic carbocycles. The number of esters is 1. The third-order valence-electron chi connectivity index (χ3n) is 5.59. The number of thiazole rings is 1. The van der Waals surface area contributed by atoms with E-state index >= 15 is 0 Å². The van der Waals surface area contributed by atoms with Gasteiger partial charge in [0.1, 0.15) is 11.9 Å². The molecule has 12 heteroatoms. The van der Waals surface area contributed by atoms with Crippen LogP contribution >= 0.6 is 22.9 Å². The molecule has 3 heterocycles. The van der Waals surface area contributed by atoms with E-state index in [1.165, 1.54) is 29.5 Å². The number of fused-ring (bicyclic) bond motifs is 1. The maximum Gasteiger partial charge on any atom is 0.338 e. The van der Waals surface area contributed by atoms with Gasteiger partial charge >= 0.3 is 5.97 Å². The first-order chi connectivity index (χ1) is 16.1. The molecule has 1 saturated heterocycles. The third-order valence-corrected chi connectivity index (χ3v) is 8.59. The van der Waals surface area contributed by atoms with E-state index < -0.39 is 39.1 Å². The second-order valence-electron chi connectivity index (χ2n) is 8.16. The number of nitrogens with one attached hydrogen (secondary N) is 1. The summed E-state index contributed by atoms with van der Waals surface area (Å²) in [4.78, 5) is 24.2. The predicted molar refractivity (Wildman–Crippen MR) is 129 cm³/mol. The number of benzene rings is 1. The standard InChI is InChI=1S/C22H24ClFN4O4S2/c1-4-32-22(29)18-17-10-14(27-34(30,31)12(2)3)11-28(17)20(21-25-7-8-33-21)26-19(18)15-6-5-13(24)9-16(15)23/h5-9,12,14,19,27H,4,10-11H2,1-3H3/t14-,19-/m0/s1. The Morgan fingerprint density at radius 1 is 1.41 bits per heavy atom. The van der Waals surface area contributed by atoms with Gasteiger partial charge in [0.25, 0.3) is 0 Å². The molecular formula is C22H24ClFN4O4S2. The highest BCUT2D eigenvalue weighted by molar-refractivity contribution is 7.90. The number of nitrogens with zero attached hydrogens (tertiary/aromatic N) is 3. The van der Waals surface area contributed by atoms with Gasteiger partial charge in [-0.1, -0.05) is 17.7 Å². The molecule has 0 radical (unpaired) electrons. The van der Waals surface area contributed by atoms with E-state index in [4.69, 9.17) is 21.3 Å². The van der Waals surface area contributed by atoms with Crippen LogP contribution in [-0.4, -0.2) is 54.6 Å². The lowest BCUT2D eigenvalue weighted by molar-refractivity contribution is -0.139. The number of halogens is 2. The Labute approximate surface area is 206 Å². The van der Waals surface area contributed by atoms with Gasteiger partial charge < -0.3 is 9.64 Å². The van der Waals surface area contributed by atoms with Crippen molar-refractivity contribution >= 4 is 44.8 Å². The van der Waals surface area contributed by atoms with Gasteiger partial charge in [-0.05, 0) is 32.9 Å². The number of hydrogen-bond donors (Lipinski definition) is 1. The first-order valence-corrected chi connectivity index (χ1v) is 13.5. The molecule has 0 amide bonds. The summed E-state index contributed by atoms with van der Waals surface area (Å²) in [5.74, 6) is -0.596. The third kappa shape index (κ3) is 4.74. The SMILES string of the molecule is CCOC(=O)C1=C2C[C@H](NS(=O)(=O)C(C)C)CN2C(c2nccs2)=N[C@H]1c1ccc(F)cc1Cl. The highest BCUT2D eigenvalue weighted by Crippen LogP contribution is 2.42. The van der Waals surface area contributed by atoms with Crippen LogP contribution in [0, 0.1) is 5.82 Å². The second kappa shape index (κ2) is 9.73. The fourth-order valence-electron chi connectivity index (χ4n) is 3.96. The minimum absolute atomic E-state index is 0.123. The normalized spacial score (nSPS) is 20.5. The van der Waals surface area contributed by atoms with Gasteiger partial charge in [-0.3, -0.25) is 4.99 Å². The predicted octanol–water partition coefficient (Wildman–Crippen LogP) is 3.66. The van der Waals surface area contributed by atoms with E-state index in [-0.39, 0.29) is 30.2 Å². The molecular weight excluding hydrogens is 503 g/mol. The van der Waals surface area contributed by atoms with Gasteiger partial charge in [0.2, 0.25) is 10.0 Å². The first kappa shape index (κ1) is 24.8. The number of rotatable bonds is 7. The van der Waals surface area contributed by atoms with Crippen LogP contribution < -0.4 is 4.72 Å². The number of aliphatic imine (C=N–C) groups is 1. The summed E-state index contributed by atoms with van der Waals surface area (Å²) < 4.78 is 47.0. The number of carbonyl (C=O) groups is 1. The zero-order valence-electron chi connectivity index (χ0n) is 18.8. The molecule has 2 atom stereocenters. The maximum absolute atomic E-state index is 13.8. The maximum atomic E-state index is 13.8. The Balaban J connectivity index is 1.87. The second-order valence-corrected chi connectivity index (χ2v) is 11.7. The smallest absolute Gasteiger partial charge is 0.338 e. The number of amidine groups is 1. The Morgan fingerprint density at radius 3 is 2.79 bits per heavy atom. The molecule has 2 aliphatic heterocycles. The van der Waals surface area contributed by atoms with Gasteiger partial charge in [0.15, 0.2) is 10.8 Å². The largest absolute Gasteiger partial charge is 0.463 e. The van der Waals surface area contributed by atoms with Crippen molar-refractivity contribution in [2.24, 2.45) is 4.99 Å². The van der Waals surface area contributed by atoms with Crippen molar-refractivity contribution in [3.05, 3.63) is 62.5 Å². The summed E-state index contributed by atoms with van der Waals surface area (Å²) in [7, 11) is -3.55. The van der Waals surface area contributed by atoms with E-state index in [1.807, 2.05) is 4.90 Å². The lowest BCUT2D eigenvalue weighted by atomic mass is 9.94. The molecule has 0 aliphatic carbocycles. The van der Waals surface area contributed by atoms with Gasteiger partial charge in [-0.2, -0.15) is 0 Å². The highest BCUT2D eigenvalue weighted by Gasteiger charge is 2.43. The summed E-state index contributed by atoms with van der Waals surface area (Å²) in [6, 6.07) is 2.57. The highest BCUT2D eigenvalue weighted by atomic mass is 35.5. The summed E-state index contributed by atoms with van der Waals surface area (Å²) in [6.45, 7) is 5.31. The van der Waals surface area contributed by atoms with Crippen molar-refractivity contribution in [3.63, 3.8) is 0 Å². The van der Waals surface area contributed by atoms with Crippen molar-refractivity contribution < 1.29 is 22.3 Å². The Morgan fingerprint density at radius 2 is 2.18 bits per heavy atom. The fraction of sp³-hybridized carbons (Fsp3) is 0.409. The minimum Gasteiger partial charge on any atom is -0.463 e. The zero-order valence-corrected chi connectivity index (χ0v) is 21.2. The van der Waals surface area contributed by atoms with Crippen LogP contribution in [0.15, 0.2) is 46.0 Å². The van der Waals surface area contributed by atoms with E-state index in [2.05, 4.69) is 9.71 Å². The van der Waals surface area contributed by atoms with Crippen molar-refractivity contribution in [2.75, 3.05) is 13.2 Å². The molecule has 182 valence electrons. The lowest BCUT2D eigenvalue weighted by Gasteiger charge is -2.31. The van der Waals surface area contributed by atoms with Crippen molar-refractivity contribution in [3.8, 4) is 0 Å². The molecule has 0 spiro atoms. The molecule has 0 unspecified atom stereocenters. The van der Waals surface area contributed by atoms with Crippen molar-refractivity contribution in [1.82, 2.24) is 14.6 Å². The monoisotopic (exact) mass is 526 g/mol. The van der Waals surface area contributed by atoms with Crippen LogP contribution in [0.5, 0.6) is 0 Å². The van der Waals surface area contributed by atoms with Crippen LogP contribution in [0.4, 0.5) is 4.39 Å². The summed E-state index contributed by atoms with van der Waals surface area (Å²) >= 11 is 7.74. The molecule has 8 nitrogen and oxygen atoms in total. The number of sulfonamides is 1. The first-order valence-electron chi connectivity index (χ1n) is 10.7. The Kier molecular flexibility index (Phi) is 7.09. The molecule has 0 bridgehead atoms. The van der Waals surface area contributed by atoms with Gasteiger partial charge in [0.05, 0.1) is 17.4 Å². The van der Waals surface area contributed by atoms with Gasteiger partial charge in [-0.15, -0.1) is 11.3 Å². The van der Waals surface area contributed by atoms with Crippen molar-refractivity contribution in [1.29, 1.82) is 0 Å². The molecule has 1 fully saturated rings. The van der Waals surface area contributed by atoms with Crippen LogP contribution in [0.3, 0.4) is 0 Å². The fourth-order valence-corrected chi connectivity index (χ4v) is 5.77. The van der Waals surface area contributed by atoms with Crippen molar-refractivity contribution in [2.45, 2.75) is 44.5 Å². The number of carbonyl (C=O) groups excluding carboxylic acids is 1. The average Bonchev–Trinajstić information content (AvgIpc) is 3.42. The van der Waals surface area contributed by atoms with E-state index in [0.29, 0.717) is 22.1 Å². The lowest BCUT2D eigenvalue weighted by Crippen LogP contribution is -2.42. The molecule has 1 N–H and O–H groups in total. The van der Waals surface area contributed by atoms with E-state index in [0.717, 1.165) is 0 Å². The zero-order chi connectivity index (χ0) is 24.6. The van der Waals surface area contributed by atoms with Gasteiger partial charge in [-0.25, -0.2) is 27.3 Å². The van der Waals surface area contributed by atoms with E-state index in [1.54, 1.807) is 32.3 Å². The molecule has 4 rings (SSSR count). The van der Waals surface area contributed by atoms with Crippen LogP contribution in [0.25, 0.3) is 0 Å².